The Morgan fingerprint density at radius 2 is 2.17 bits per heavy atom. The first-order chi connectivity index (χ1) is 5.43. The number of hydrogen-bond donors (Lipinski definition) is 1. The summed E-state index contributed by atoms with van der Waals surface area (Å²) in [5.74, 6) is 0. The largest absolute Gasteiger partial charge is 1.00 e. The number of quaternary nitrogens is 1. The predicted molar refractivity (Wildman–Crippen MR) is 49.4 cm³/mol. The number of nitrogens with zero attached hydrogens (tertiary/aromatic N) is 1. The van der Waals surface area contributed by atoms with Crippen LogP contribution in [-0.2, 0) is 0 Å². The molecule has 0 spiro atoms. The summed E-state index contributed by atoms with van der Waals surface area (Å²) in [6.07, 6.45) is 2.69. The van der Waals surface area contributed by atoms with Crippen LogP contribution in [0.4, 0.5) is 0 Å². The molecule has 66 valence electrons. The number of thioether (sulfide) groups is 2. The average molecular weight is 312 g/mol. The predicted octanol–water partition coefficient (Wildman–Crippen LogP) is -1.78. The summed E-state index contributed by atoms with van der Waals surface area (Å²) in [6, 6.07) is 2.10. The summed E-state index contributed by atoms with van der Waals surface area (Å²) in [6.45, 7) is 0.862. The van der Waals surface area contributed by atoms with Gasteiger partial charge in [0.25, 0.3) is 0 Å². The highest BCUT2D eigenvalue weighted by Gasteiger charge is 2.01. The number of rotatable bonds is 3. The SMILES string of the molecule is N#CCC[NH2+]C=C1SC=CS1.[I-]. The first-order valence-electron chi connectivity index (χ1n) is 3.32. The lowest BCUT2D eigenvalue weighted by Crippen LogP contribution is -3.00. The van der Waals surface area contributed by atoms with Crippen molar-refractivity contribution >= 4 is 23.5 Å². The monoisotopic (exact) mass is 312 g/mol. The van der Waals surface area contributed by atoms with E-state index >= 15 is 0 Å². The molecule has 0 unspecified atom stereocenters. The van der Waals surface area contributed by atoms with Gasteiger partial charge in [-0.2, -0.15) is 5.26 Å². The van der Waals surface area contributed by atoms with Crippen molar-refractivity contribution < 1.29 is 29.3 Å². The Morgan fingerprint density at radius 3 is 2.75 bits per heavy atom. The molecule has 0 saturated heterocycles. The molecule has 12 heavy (non-hydrogen) atoms. The molecule has 0 bridgehead atoms. The van der Waals surface area contributed by atoms with E-state index < -0.39 is 0 Å². The molecule has 0 atom stereocenters. The molecule has 0 fully saturated rings. The smallest absolute Gasteiger partial charge is 0.114 e. The Labute approximate surface area is 97.9 Å². The van der Waals surface area contributed by atoms with Crippen LogP contribution in [0, 0.1) is 11.3 Å². The quantitative estimate of drug-likeness (QED) is 0.495. The lowest BCUT2D eigenvalue weighted by Gasteiger charge is -1.91. The lowest BCUT2D eigenvalue weighted by atomic mass is 10.5. The molecule has 0 amide bonds. The Kier molecular flexibility index (Phi) is 8.22. The van der Waals surface area contributed by atoms with Crippen LogP contribution in [0.25, 0.3) is 0 Å². The first-order valence-corrected chi connectivity index (χ1v) is 5.08. The van der Waals surface area contributed by atoms with Crippen LogP contribution in [0.2, 0.25) is 0 Å². The molecule has 1 aliphatic rings. The Morgan fingerprint density at radius 1 is 1.50 bits per heavy atom. The molecule has 1 aliphatic heterocycles. The molecule has 1 heterocycles. The summed E-state index contributed by atoms with van der Waals surface area (Å²) in [4.78, 5) is 0. The van der Waals surface area contributed by atoms with Crippen LogP contribution < -0.4 is 29.3 Å². The molecular weight excluding hydrogens is 303 g/mol. The van der Waals surface area contributed by atoms with Gasteiger partial charge in [-0.1, -0.05) is 23.5 Å². The third kappa shape index (κ3) is 5.09. The zero-order valence-corrected chi connectivity index (χ0v) is 10.2. The molecular formula is C7H9IN2S2. The van der Waals surface area contributed by atoms with Gasteiger partial charge in [-0.15, -0.1) is 0 Å². The van der Waals surface area contributed by atoms with E-state index in [0.717, 1.165) is 6.54 Å². The van der Waals surface area contributed by atoms with Gasteiger partial charge in [0.15, 0.2) is 0 Å². The second-order valence-electron chi connectivity index (χ2n) is 1.93. The van der Waals surface area contributed by atoms with Gasteiger partial charge in [-0.25, -0.2) is 0 Å². The van der Waals surface area contributed by atoms with E-state index in [1.165, 1.54) is 4.24 Å². The normalized spacial score (nSPS) is 13.8. The van der Waals surface area contributed by atoms with E-state index in [-0.39, 0.29) is 24.0 Å². The molecule has 0 radical (unpaired) electrons. The number of hydrogen-bond acceptors (Lipinski definition) is 3. The van der Waals surface area contributed by atoms with Gasteiger partial charge in [-0.3, -0.25) is 0 Å². The maximum absolute atomic E-state index is 8.24. The zero-order chi connectivity index (χ0) is 7.94. The van der Waals surface area contributed by atoms with E-state index in [2.05, 4.69) is 23.1 Å². The second-order valence-corrected chi connectivity index (χ2v) is 4.08. The average Bonchev–Trinajstić information content (AvgIpc) is 2.50. The Balaban J connectivity index is 0.00000121. The molecule has 0 aromatic rings. The fourth-order valence-corrected chi connectivity index (χ4v) is 2.24. The van der Waals surface area contributed by atoms with Crippen molar-refractivity contribution in [2.45, 2.75) is 6.42 Å². The van der Waals surface area contributed by atoms with Crippen LogP contribution in [0.1, 0.15) is 6.42 Å². The molecule has 0 aromatic heterocycles. The third-order valence-electron chi connectivity index (χ3n) is 1.10. The number of halogens is 1. The van der Waals surface area contributed by atoms with E-state index in [9.17, 15) is 0 Å². The summed E-state index contributed by atoms with van der Waals surface area (Å²) in [5, 5.41) is 14.4. The maximum Gasteiger partial charge on any atom is 0.114 e. The lowest BCUT2D eigenvalue weighted by molar-refractivity contribution is -0.586. The first kappa shape index (κ1) is 12.4. The van der Waals surface area contributed by atoms with E-state index in [1.54, 1.807) is 23.5 Å². The van der Waals surface area contributed by atoms with Crippen LogP contribution >= 0.6 is 23.5 Å². The summed E-state index contributed by atoms with van der Waals surface area (Å²) in [7, 11) is 0. The van der Waals surface area contributed by atoms with E-state index in [4.69, 9.17) is 5.26 Å². The minimum Gasteiger partial charge on any atom is -1.00 e. The van der Waals surface area contributed by atoms with E-state index in [0.29, 0.717) is 6.42 Å². The summed E-state index contributed by atoms with van der Waals surface area (Å²) < 4.78 is 1.29. The van der Waals surface area contributed by atoms with Gasteiger partial charge < -0.3 is 29.3 Å². The van der Waals surface area contributed by atoms with Crippen LogP contribution in [0.5, 0.6) is 0 Å². The minimum atomic E-state index is 0. The van der Waals surface area contributed by atoms with E-state index in [1.807, 2.05) is 5.32 Å². The fourth-order valence-electron chi connectivity index (χ4n) is 0.623. The Hall–Kier alpha value is 0.360. The highest BCUT2D eigenvalue weighted by atomic mass is 127. The molecule has 0 aromatic carbocycles. The summed E-state index contributed by atoms with van der Waals surface area (Å²) in [5.41, 5.74) is 0. The van der Waals surface area contributed by atoms with Crippen LogP contribution in [0.15, 0.2) is 21.3 Å². The van der Waals surface area contributed by atoms with Crippen molar-refractivity contribution in [3.05, 3.63) is 21.3 Å². The molecule has 2 nitrogen and oxygen atoms in total. The topological polar surface area (TPSA) is 40.4 Å². The standard InChI is InChI=1S/C7H8N2S2.HI/c8-2-1-3-9-6-7-10-4-5-11-7;/h4-6,9H,1,3H2;1H. The Bertz CT molecular complexity index is 210. The van der Waals surface area contributed by atoms with Crippen molar-refractivity contribution in [2.75, 3.05) is 6.54 Å². The van der Waals surface area contributed by atoms with Gasteiger partial charge in [0.1, 0.15) is 10.4 Å². The maximum atomic E-state index is 8.24. The third-order valence-corrected chi connectivity index (χ3v) is 3.13. The minimum absolute atomic E-state index is 0. The molecule has 5 heteroatoms. The molecule has 1 rings (SSSR count). The van der Waals surface area contributed by atoms with Crippen molar-refractivity contribution in [3.8, 4) is 6.07 Å². The van der Waals surface area contributed by atoms with Crippen LogP contribution in [0.3, 0.4) is 0 Å². The van der Waals surface area contributed by atoms with Gasteiger partial charge in [-0.05, 0) is 10.8 Å². The second kappa shape index (κ2) is 7.98. The van der Waals surface area contributed by atoms with Gasteiger partial charge in [0.2, 0.25) is 0 Å². The number of nitriles is 1. The van der Waals surface area contributed by atoms with Crippen molar-refractivity contribution in [1.29, 1.82) is 5.26 Å². The van der Waals surface area contributed by atoms with Crippen molar-refractivity contribution in [2.24, 2.45) is 0 Å². The highest BCUT2D eigenvalue weighted by molar-refractivity contribution is 8.27. The summed E-state index contributed by atoms with van der Waals surface area (Å²) >= 11 is 3.46. The van der Waals surface area contributed by atoms with Crippen molar-refractivity contribution in [3.63, 3.8) is 0 Å². The molecule has 2 N–H and O–H groups in total. The van der Waals surface area contributed by atoms with Gasteiger partial charge in [0.05, 0.1) is 19.0 Å². The van der Waals surface area contributed by atoms with Gasteiger partial charge >= 0.3 is 0 Å². The fraction of sp³-hybridized carbons (Fsp3) is 0.286. The zero-order valence-electron chi connectivity index (χ0n) is 6.37. The van der Waals surface area contributed by atoms with Crippen LogP contribution in [-0.4, -0.2) is 6.54 Å². The highest BCUT2D eigenvalue weighted by Crippen LogP contribution is 2.35. The molecule has 0 saturated carbocycles. The van der Waals surface area contributed by atoms with Crippen molar-refractivity contribution in [1.82, 2.24) is 0 Å². The molecule has 0 aliphatic carbocycles. The van der Waals surface area contributed by atoms with Gasteiger partial charge in [0, 0.05) is 0 Å². The number of nitrogens with two attached hydrogens (primary N) is 1.